The third-order valence-electron chi connectivity index (χ3n) is 2.93. The first-order chi connectivity index (χ1) is 10.9. The van der Waals surface area contributed by atoms with Gasteiger partial charge in [-0.25, -0.2) is 9.59 Å². The Morgan fingerprint density at radius 3 is 2.70 bits per heavy atom. The summed E-state index contributed by atoms with van der Waals surface area (Å²) in [6, 6.07) is 0. The Morgan fingerprint density at radius 1 is 1.39 bits per heavy atom. The van der Waals surface area contributed by atoms with Crippen molar-refractivity contribution in [1.82, 2.24) is 0 Å². The highest BCUT2D eigenvalue weighted by atomic mass is 16.5. The van der Waals surface area contributed by atoms with Gasteiger partial charge in [-0.1, -0.05) is 18.2 Å². The molecule has 128 valence electrons. The standard InChI is InChI=1S/C17H24O6/c1-12(2)23-16(19)7-5-4-6-15(13(3)18)21-9-8-14-10-17(20)22-11-14/h4-7,10,12-13,15,18H,8-9,11H2,1-3H3/b6-4+,7-5-/t13-,15+/m0/s1. The Morgan fingerprint density at radius 2 is 2.13 bits per heavy atom. The molecule has 2 atom stereocenters. The SMILES string of the molecule is CC(C)OC(=O)/C=C\C=C\[C@@H](OCCC1=CC(=O)OC1)[C@H](C)O. The lowest BCUT2D eigenvalue weighted by molar-refractivity contribution is -0.141. The lowest BCUT2D eigenvalue weighted by atomic mass is 10.2. The molecule has 0 radical (unpaired) electrons. The maximum Gasteiger partial charge on any atom is 0.331 e. The molecule has 0 bridgehead atoms. The number of aliphatic hydroxyl groups is 1. The molecule has 0 spiro atoms. The number of hydrogen-bond donors (Lipinski definition) is 1. The van der Waals surface area contributed by atoms with Crippen molar-refractivity contribution in [1.29, 1.82) is 0 Å². The fraction of sp³-hybridized carbons (Fsp3) is 0.529. The molecule has 1 N–H and O–H groups in total. The first-order valence-electron chi connectivity index (χ1n) is 7.60. The van der Waals surface area contributed by atoms with Gasteiger partial charge in [0.15, 0.2) is 0 Å². The van der Waals surface area contributed by atoms with Crippen LogP contribution in [-0.4, -0.2) is 48.6 Å². The Hall–Kier alpha value is -1.92. The van der Waals surface area contributed by atoms with E-state index in [0.717, 1.165) is 5.57 Å². The molecule has 0 aromatic heterocycles. The molecule has 0 saturated heterocycles. The first-order valence-corrected chi connectivity index (χ1v) is 7.60. The lowest BCUT2D eigenvalue weighted by Crippen LogP contribution is -2.24. The zero-order valence-corrected chi connectivity index (χ0v) is 13.7. The average Bonchev–Trinajstić information content (AvgIpc) is 2.86. The van der Waals surface area contributed by atoms with E-state index in [2.05, 4.69) is 0 Å². The van der Waals surface area contributed by atoms with Crippen LogP contribution in [0.25, 0.3) is 0 Å². The van der Waals surface area contributed by atoms with Gasteiger partial charge < -0.3 is 19.3 Å². The second kappa shape index (κ2) is 9.97. The van der Waals surface area contributed by atoms with Crippen LogP contribution < -0.4 is 0 Å². The minimum Gasteiger partial charge on any atom is -0.460 e. The first kappa shape index (κ1) is 19.1. The van der Waals surface area contributed by atoms with Gasteiger partial charge in [-0.05, 0) is 32.8 Å². The van der Waals surface area contributed by atoms with Crippen LogP contribution in [0.1, 0.15) is 27.2 Å². The van der Waals surface area contributed by atoms with Crippen molar-refractivity contribution in [2.45, 2.75) is 45.5 Å². The van der Waals surface area contributed by atoms with Gasteiger partial charge in [-0.15, -0.1) is 0 Å². The minimum atomic E-state index is -0.697. The van der Waals surface area contributed by atoms with Crippen LogP contribution in [-0.2, 0) is 23.8 Å². The number of carbonyl (C=O) groups is 2. The van der Waals surface area contributed by atoms with Gasteiger partial charge in [-0.2, -0.15) is 0 Å². The molecule has 6 nitrogen and oxygen atoms in total. The van der Waals surface area contributed by atoms with Gasteiger partial charge in [0.1, 0.15) is 12.7 Å². The van der Waals surface area contributed by atoms with Crippen LogP contribution in [0.5, 0.6) is 0 Å². The monoisotopic (exact) mass is 324 g/mol. The fourth-order valence-electron chi connectivity index (χ4n) is 1.82. The van der Waals surface area contributed by atoms with Gasteiger partial charge in [0, 0.05) is 12.2 Å². The molecule has 0 aliphatic carbocycles. The van der Waals surface area contributed by atoms with E-state index in [1.807, 2.05) is 0 Å². The Balaban J connectivity index is 2.38. The van der Waals surface area contributed by atoms with E-state index in [1.165, 1.54) is 18.2 Å². The molecule has 0 saturated carbocycles. The smallest absolute Gasteiger partial charge is 0.331 e. The fourth-order valence-corrected chi connectivity index (χ4v) is 1.82. The summed E-state index contributed by atoms with van der Waals surface area (Å²) in [6.45, 7) is 5.83. The number of esters is 2. The molecule has 1 aliphatic rings. The molecule has 1 heterocycles. The highest BCUT2D eigenvalue weighted by molar-refractivity contribution is 5.85. The summed E-state index contributed by atoms with van der Waals surface area (Å²) >= 11 is 0. The number of rotatable bonds is 9. The molecular formula is C17H24O6. The van der Waals surface area contributed by atoms with E-state index in [4.69, 9.17) is 14.2 Å². The number of hydrogen-bond acceptors (Lipinski definition) is 6. The van der Waals surface area contributed by atoms with Gasteiger partial charge >= 0.3 is 11.9 Å². The number of ether oxygens (including phenoxy) is 3. The van der Waals surface area contributed by atoms with Crippen molar-refractivity contribution >= 4 is 11.9 Å². The molecule has 0 unspecified atom stereocenters. The zero-order valence-electron chi connectivity index (χ0n) is 13.7. The summed E-state index contributed by atoms with van der Waals surface area (Å²) in [6.07, 6.45) is 6.80. The average molecular weight is 324 g/mol. The minimum absolute atomic E-state index is 0.162. The summed E-state index contributed by atoms with van der Waals surface area (Å²) in [5.74, 6) is -0.748. The predicted molar refractivity (Wildman–Crippen MR) is 84.6 cm³/mol. The second-order valence-electron chi connectivity index (χ2n) is 5.47. The summed E-state index contributed by atoms with van der Waals surface area (Å²) < 4.78 is 15.3. The summed E-state index contributed by atoms with van der Waals surface area (Å²) in [5.41, 5.74) is 0.875. The van der Waals surface area contributed by atoms with Crippen LogP contribution in [0.4, 0.5) is 0 Å². The normalized spacial score (nSPS) is 17.6. The molecule has 0 aromatic rings. The van der Waals surface area contributed by atoms with Crippen LogP contribution in [0.15, 0.2) is 36.0 Å². The second-order valence-corrected chi connectivity index (χ2v) is 5.47. The largest absolute Gasteiger partial charge is 0.460 e. The lowest BCUT2D eigenvalue weighted by Gasteiger charge is -2.16. The zero-order chi connectivity index (χ0) is 17.2. The quantitative estimate of drug-likeness (QED) is 0.395. The highest BCUT2D eigenvalue weighted by Crippen LogP contribution is 2.11. The van der Waals surface area contributed by atoms with Gasteiger partial charge in [0.25, 0.3) is 0 Å². The maximum atomic E-state index is 11.3. The molecule has 1 rings (SSSR count). The van der Waals surface area contributed by atoms with Crippen LogP contribution in [0, 0.1) is 0 Å². The van der Waals surface area contributed by atoms with Crippen LogP contribution in [0.3, 0.4) is 0 Å². The van der Waals surface area contributed by atoms with Crippen LogP contribution in [0.2, 0.25) is 0 Å². The van der Waals surface area contributed by atoms with E-state index < -0.39 is 18.2 Å². The summed E-state index contributed by atoms with van der Waals surface area (Å²) in [5, 5.41) is 9.69. The van der Waals surface area contributed by atoms with Gasteiger partial charge in [0.05, 0.1) is 18.8 Å². The van der Waals surface area contributed by atoms with Crippen molar-refractivity contribution in [3.8, 4) is 0 Å². The molecular weight excluding hydrogens is 300 g/mol. The van der Waals surface area contributed by atoms with E-state index in [9.17, 15) is 14.7 Å². The van der Waals surface area contributed by atoms with Crippen molar-refractivity contribution < 1.29 is 28.9 Å². The van der Waals surface area contributed by atoms with E-state index in [1.54, 1.807) is 32.9 Å². The number of cyclic esters (lactones) is 1. The van der Waals surface area contributed by atoms with E-state index in [-0.39, 0.29) is 12.1 Å². The molecule has 0 aromatic carbocycles. The molecule has 1 aliphatic heterocycles. The van der Waals surface area contributed by atoms with Crippen molar-refractivity contribution in [3.63, 3.8) is 0 Å². The van der Waals surface area contributed by atoms with Gasteiger partial charge in [0.2, 0.25) is 0 Å². The number of carbonyl (C=O) groups excluding carboxylic acids is 2. The molecule has 0 fully saturated rings. The number of aliphatic hydroxyl groups excluding tert-OH is 1. The highest BCUT2D eigenvalue weighted by Gasteiger charge is 2.15. The Labute approximate surface area is 136 Å². The number of allylic oxidation sites excluding steroid dienone is 2. The van der Waals surface area contributed by atoms with Gasteiger partial charge in [-0.3, -0.25) is 0 Å². The topological polar surface area (TPSA) is 82.1 Å². The Kier molecular flexibility index (Phi) is 8.29. The molecule has 23 heavy (non-hydrogen) atoms. The Bertz CT molecular complexity index is 487. The summed E-state index contributed by atoms with van der Waals surface area (Å²) in [4.78, 5) is 22.2. The van der Waals surface area contributed by atoms with Crippen LogP contribution >= 0.6 is 0 Å². The third-order valence-corrected chi connectivity index (χ3v) is 2.93. The predicted octanol–water partition coefficient (Wildman–Crippen LogP) is 1.69. The van der Waals surface area contributed by atoms with Crippen molar-refractivity contribution in [3.05, 3.63) is 36.0 Å². The maximum absolute atomic E-state index is 11.3. The molecule has 0 amide bonds. The third kappa shape index (κ3) is 8.32. The van der Waals surface area contributed by atoms with E-state index in [0.29, 0.717) is 19.6 Å². The molecule has 6 heteroatoms. The van der Waals surface area contributed by atoms with Crippen molar-refractivity contribution in [2.24, 2.45) is 0 Å². The van der Waals surface area contributed by atoms with E-state index >= 15 is 0 Å². The van der Waals surface area contributed by atoms with Crippen molar-refractivity contribution in [2.75, 3.05) is 13.2 Å². The summed E-state index contributed by atoms with van der Waals surface area (Å²) in [7, 11) is 0.